The van der Waals surface area contributed by atoms with Crippen molar-refractivity contribution in [3.8, 4) is 0 Å². The average molecular weight is 228 g/mol. The van der Waals surface area contributed by atoms with E-state index in [0.29, 0.717) is 5.41 Å². The molecule has 14 heavy (non-hydrogen) atoms. The van der Waals surface area contributed by atoms with E-state index in [2.05, 4.69) is 12.6 Å². The van der Waals surface area contributed by atoms with E-state index in [0.717, 1.165) is 16.4 Å². The molecule has 1 aliphatic rings. The first kappa shape index (κ1) is 10.4. The van der Waals surface area contributed by atoms with Crippen LogP contribution >= 0.6 is 24.4 Å². The van der Waals surface area contributed by atoms with Crippen LogP contribution in [0.5, 0.6) is 0 Å². The average Bonchev–Trinajstić information content (AvgIpc) is 2.98. The molecule has 0 aliphatic heterocycles. The molecule has 0 bridgehead atoms. The third-order valence-electron chi connectivity index (χ3n) is 2.66. The van der Waals surface area contributed by atoms with Crippen LogP contribution in [0.15, 0.2) is 29.2 Å². The summed E-state index contributed by atoms with van der Waals surface area (Å²) in [4.78, 5) is 0.764. The Bertz CT molecular complexity index is 321. The van der Waals surface area contributed by atoms with Crippen molar-refractivity contribution in [3.63, 3.8) is 0 Å². The van der Waals surface area contributed by atoms with Crippen LogP contribution in [0, 0.1) is 11.2 Å². The quantitative estimate of drug-likeness (QED) is 0.606. The van der Waals surface area contributed by atoms with E-state index in [1.807, 2.05) is 12.1 Å². The minimum absolute atomic E-state index is 0.104. The SMILES string of the molecule is Fc1ccccc1SCC1(CS)CC1. The molecular weight excluding hydrogens is 215 g/mol. The number of halogens is 1. The molecule has 76 valence electrons. The molecule has 0 heterocycles. The molecule has 0 aromatic heterocycles. The number of benzene rings is 1. The fourth-order valence-corrected chi connectivity index (χ4v) is 3.13. The second kappa shape index (κ2) is 4.15. The number of hydrogen-bond acceptors (Lipinski definition) is 2. The number of thiol groups is 1. The smallest absolute Gasteiger partial charge is 0.136 e. The summed E-state index contributed by atoms with van der Waals surface area (Å²) < 4.78 is 13.2. The molecule has 0 atom stereocenters. The summed E-state index contributed by atoms with van der Waals surface area (Å²) in [6.07, 6.45) is 2.50. The molecule has 1 fully saturated rings. The van der Waals surface area contributed by atoms with Crippen molar-refractivity contribution in [3.05, 3.63) is 30.1 Å². The van der Waals surface area contributed by atoms with Gasteiger partial charge in [-0.2, -0.15) is 12.6 Å². The van der Waals surface area contributed by atoms with Crippen molar-refractivity contribution in [2.24, 2.45) is 5.41 Å². The lowest BCUT2D eigenvalue weighted by Crippen LogP contribution is -2.05. The molecular formula is C11H13FS2. The second-order valence-corrected chi connectivity index (χ2v) is 5.21. The summed E-state index contributed by atoms with van der Waals surface area (Å²) in [5.74, 6) is 1.82. The third kappa shape index (κ3) is 2.26. The van der Waals surface area contributed by atoms with Gasteiger partial charge in [0.1, 0.15) is 5.82 Å². The van der Waals surface area contributed by atoms with E-state index in [1.165, 1.54) is 18.9 Å². The van der Waals surface area contributed by atoms with Gasteiger partial charge in [0.15, 0.2) is 0 Å². The lowest BCUT2D eigenvalue weighted by molar-refractivity contribution is 0.600. The Morgan fingerprint density at radius 3 is 2.64 bits per heavy atom. The van der Waals surface area contributed by atoms with Crippen molar-refractivity contribution in [2.45, 2.75) is 17.7 Å². The second-order valence-electron chi connectivity index (χ2n) is 3.88. The summed E-state index contributed by atoms with van der Waals surface area (Å²) in [5.41, 5.74) is 0.399. The highest BCUT2D eigenvalue weighted by molar-refractivity contribution is 7.99. The minimum Gasteiger partial charge on any atom is -0.206 e. The highest BCUT2D eigenvalue weighted by Crippen LogP contribution is 2.49. The van der Waals surface area contributed by atoms with E-state index in [1.54, 1.807) is 17.8 Å². The molecule has 1 saturated carbocycles. The van der Waals surface area contributed by atoms with Crippen molar-refractivity contribution in [1.29, 1.82) is 0 Å². The Balaban J connectivity index is 1.95. The zero-order chi connectivity index (χ0) is 10.0. The normalized spacial score (nSPS) is 18.1. The highest BCUT2D eigenvalue weighted by Gasteiger charge is 2.41. The van der Waals surface area contributed by atoms with Gasteiger partial charge in [-0.25, -0.2) is 4.39 Å². The van der Waals surface area contributed by atoms with E-state index in [9.17, 15) is 4.39 Å². The van der Waals surface area contributed by atoms with E-state index in [-0.39, 0.29) is 5.82 Å². The zero-order valence-corrected chi connectivity index (χ0v) is 9.58. The molecule has 1 aliphatic carbocycles. The molecule has 3 heteroatoms. The van der Waals surface area contributed by atoms with Crippen LogP contribution in [-0.2, 0) is 0 Å². The molecule has 1 aromatic rings. The molecule has 0 spiro atoms. The molecule has 1 aromatic carbocycles. The first-order valence-corrected chi connectivity index (χ1v) is 6.36. The van der Waals surface area contributed by atoms with Gasteiger partial charge in [0.25, 0.3) is 0 Å². The number of rotatable bonds is 4. The van der Waals surface area contributed by atoms with Gasteiger partial charge in [0.2, 0.25) is 0 Å². The fraction of sp³-hybridized carbons (Fsp3) is 0.455. The number of thioether (sulfide) groups is 1. The third-order valence-corrected chi connectivity index (χ3v) is 4.73. The topological polar surface area (TPSA) is 0 Å². The molecule has 0 nitrogen and oxygen atoms in total. The van der Waals surface area contributed by atoms with Crippen LogP contribution < -0.4 is 0 Å². The first-order chi connectivity index (χ1) is 6.76. The van der Waals surface area contributed by atoms with Gasteiger partial charge in [-0.3, -0.25) is 0 Å². The lowest BCUT2D eigenvalue weighted by Gasteiger charge is -2.10. The van der Waals surface area contributed by atoms with Crippen molar-refractivity contribution >= 4 is 24.4 Å². The Hall–Kier alpha value is -0.150. The molecule has 0 unspecified atom stereocenters. The van der Waals surface area contributed by atoms with Gasteiger partial charge >= 0.3 is 0 Å². The van der Waals surface area contributed by atoms with Gasteiger partial charge in [-0.05, 0) is 36.1 Å². The van der Waals surface area contributed by atoms with Gasteiger partial charge < -0.3 is 0 Å². The first-order valence-electron chi connectivity index (χ1n) is 4.74. The summed E-state index contributed by atoms with van der Waals surface area (Å²) in [6, 6.07) is 6.97. The van der Waals surface area contributed by atoms with Gasteiger partial charge in [-0.1, -0.05) is 12.1 Å². The van der Waals surface area contributed by atoms with Crippen LogP contribution in [0.25, 0.3) is 0 Å². The van der Waals surface area contributed by atoms with Crippen LogP contribution in [0.4, 0.5) is 4.39 Å². The molecule has 0 radical (unpaired) electrons. The van der Waals surface area contributed by atoms with Crippen LogP contribution in [0.1, 0.15) is 12.8 Å². The van der Waals surface area contributed by atoms with E-state index < -0.39 is 0 Å². The largest absolute Gasteiger partial charge is 0.206 e. The minimum atomic E-state index is -0.104. The fourth-order valence-electron chi connectivity index (χ4n) is 1.32. The van der Waals surface area contributed by atoms with Gasteiger partial charge in [0, 0.05) is 10.6 Å². The van der Waals surface area contributed by atoms with Crippen LogP contribution in [0.2, 0.25) is 0 Å². The zero-order valence-electron chi connectivity index (χ0n) is 7.87. The van der Waals surface area contributed by atoms with E-state index in [4.69, 9.17) is 0 Å². The van der Waals surface area contributed by atoms with Gasteiger partial charge in [0.05, 0.1) is 0 Å². The maximum atomic E-state index is 13.2. The van der Waals surface area contributed by atoms with Crippen molar-refractivity contribution in [2.75, 3.05) is 11.5 Å². The van der Waals surface area contributed by atoms with Gasteiger partial charge in [-0.15, -0.1) is 11.8 Å². The maximum Gasteiger partial charge on any atom is 0.136 e. The standard InChI is InChI=1S/C11H13FS2/c12-9-3-1-2-4-10(9)14-8-11(7-13)5-6-11/h1-4,13H,5-8H2. The number of hydrogen-bond donors (Lipinski definition) is 1. The highest BCUT2D eigenvalue weighted by atomic mass is 32.2. The van der Waals surface area contributed by atoms with Crippen LogP contribution in [-0.4, -0.2) is 11.5 Å². The Kier molecular flexibility index (Phi) is 3.07. The predicted molar refractivity (Wildman–Crippen MR) is 62.6 cm³/mol. The lowest BCUT2D eigenvalue weighted by atomic mass is 10.2. The Labute approximate surface area is 93.7 Å². The predicted octanol–water partition coefficient (Wildman–Crippen LogP) is 3.63. The molecule has 0 saturated heterocycles. The summed E-state index contributed by atoms with van der Waals surface area (Å²) >= 11 is 5.95. The summed E-state index contributed by atoms with van der Waals surface area (Å²) in [5, 5.41) is 0. The summed E-state index contributed by atoms with van der Waals surface area (Å²) in [6.45, 7) is 0. The van der Waals surface area contributed by atoms with Crippen molar-refractivity contribution < 1.29 is 4.39 Å². The van der Waals surface area contributed by atoms with E-state index >= 15 is 0 Å². The Morgan fingerprint density at radius 1 is 1.36 bits per heavy atom. The monoisotopic (exact) mass is 228 g/mol. The molecule has 0 N–H and O–H groups in total. The summed E-state index contributed by atoms with van der Waals surface area (Å²) in [7, 11) is 0. The Morgan fingerprint density at radius 2 is 2.07 bits per heavy atom. The van der Waals surface area contributed by atoms with Crippen molar-refractivity contribution in [1.82, 2.24) is 0 Å². The van der Waals surface area contributed by atoms with Crippen LogP contribution in [0.3, 0.4) is 0 Å². The molecule has 2 rings (SSSR count). The maximum absolute atomic E-state index is 13.2. The molecule has 0 amide bonds.